The summed E-state index contributed by atoms with van der Waals surface area (Å²) in [6.45, 7) is 4.47. The number of rotatable bonds is 5. The lowest BCUT2D eigenvalue weighted by molar-refractivity contribution is 0.301. The first kappa shape index (κ1) is 15.0. The zero-order valence-electron chi connectivity index (χ0n) is 12.9. The molecule has 0 spiro atoms. The average molecular weight is 287 g/mol. The number of hydrogen-bond donors (Lipinski definition) is 1. The first-order valence-electron chi connectivity index (χ1n) is 6.75. The highest BCUT2D eigenvalue weighted by atomic mass is 16.5. The summed E-state index contributed by atoms with van der Waals surface area (Å²) in [5.41, 5.74) is 9.66. The highest BCUT2D eigenvalue weighted by molar-refractivity contribution is 5.48. The number of benzene rings is 2. The van der Waals surface area contributed by atoms with Gasteiger partial charge in [-0.3, -0.25) is 0 Å². The fraction of sp³-hybridized carbons (Fsp3) is 0.294. The van der Waals surface area contributed by atoms with Gasteiger partial charge >= 0.3 is 0 Å². The van der Waals surface area contributed by atoms with Gasteiger partial charge in [0.2, 0.25) is 0 Å². The van der Waals surface area contributed by atoms with Gasteiger partial charge < -0.3 is 19.9 Å². The van der Waals surface area contributed by atoms with E-state index in [-0.39, 0.29) is 0 Å². The van der Waals surface area contributed by atoms with E-state index in [0.717, 1.165) is 33.9 Å². The minimum Gasteiger partial charge on any atom is -0.493 e. The molecule has 0 fully saturated rings. The summed E-state index contributed by atoms with van der Waals surface area (Å²) in [5, 5.41) is 0. The van der Waals surface area contributed by atoms with Crippen LogP contribution in [0.1, 0.15) is 16.7 Å². The molecule has 2 N–H and O–H groups in total. The van der Waals surface area contributed by atoms with E-state index in [2.05, 4.69) is 0 Å². The Kier molecular flexibility index (Phi) is 4.58. The van der Waals surface area contributed by atoms with Crippen LogP contribution >= 0.6 is 0 Å². The van der Waals surface area contributed by atoms with Crippen molar-refractivity contribution in [2.45, 2.75) is 20.5 Å². The van der Waals surface area contributed by atoms with Gasteiger partial charge in [0.15, 0.2) is 11.5 Å². The Balaban J connectivity index is 2.19. The van der Waals surface area contributed by atoms with Gasteiger partial charge in [0.25, 0.3) is 0 Å². The molecule has 4 nitrogen and oxygen atoms in total. The van der Waals surface area contributed by atoms with E-state index in [0.29, 0.717) is 12.4 Å². The van der Waals surface area contributed by atoms with Crippen LogP contribution in [0.25, 0.3) is 0 Å². The second-order valence-corrected chi connectivity index (χ2v) is 4.95. The summed E-state index contributed by atoms with van der Waals surface area (Å²) < 4.78 is 16.5. The zero-order valence-corrected chi connectivity index (χ0v) is 12.9. The quantitative estimate of drug-likeness (QED) is 0.855. The van der Waals surface area contributed by atoms with E-state index in [1.165, 1.54) is 0 Å². The first-order valence-corrected chi connectivity index (χ1v) is 6.75. The Hall–Kier alpha value is -2.36. The molecule has 2 aromatic rings. The van der Waals surface area contributed by atoms with Crippen molar-refractivity contribution in [3.05, 3.63) is 47.0 Å². The Bertz CT molecular complexity index is 638. The second kappa shape index (κ2) is 6.39. The van der Waals surface area contributed by atoms with Gasteiger partial charge in [0.05, 0.1) is 14.2 Å². The lowest BCUT2D eigenvalue weighted by Crippen LogP contribution is -2.01. The van der Waals surface area contributed by atoms with Crippen LogP contribution in [0.5, 0.6) is 17.2 Å². The second-order valence-electron chi connectivity index (χ2n) is 4.95. The molecule has 0 radical (unpaired) electrons. The van der Waals surface area contributed by atoms with Crippen molar-refractivity contribution in [1.29, 1.82) is 0 Å². The van der Waals surface area contributed by atoms with Crippen molar-refractivity contribution in [3.63, 3.8) is 0 Å². The topological polar surface area (TPSA) is 53.7 Å². The van der Waals surface area contributed by atoms with E-state index in [1.54, 1.807) is 14.2 Å². The third-order valence-electron chi connectivity index (χ3n) is 3.42. The summed E-state index contributed by atoms with van der Waals surface area (Å²) >= 11 is 0. The fourth-order valence-electron chi connectivity index (χ4n) is 2.17. The van der Waals surface area contributed by atoms with Crippen molar-refractivity contribution in [1.82, 2.24) is 0 Å². The molecule has 0 unspecified atom stereocenters. The number of nitrogen functional groups attached to an aromatic ring is 1. The minimum absolute atomic E-state index is 0.469. The van der Waals surface area contributed by atoms with E-state index < -0.39 is 0 Å². The lowest BCUT2D eigenvalue weighted by Gasteiger charge is -2.14. The van der Waals surface area contributed by atoms with E-state index in [4.69, 9.17) is 19.9 Å². The van der Waals surface area contributed by atoms with Crippen LogP contribution in [0.4, 0.5) is 5.69 Å². The van der Waals surface area contributed by atoms with Crippen LogP contribution in [-0.4, -0.2) is 14.2 Å². The minimum atomic E-state index is 0.469. The Morgan fingerprint density at radius 1 is 0.857 bits per heavy atom. The van der Waals surface area contributed by atoms with Crippen LogP contribution < -0.4 is 19.9 Å². The predicted molar refractivity (Wildman–Crippen MR) is 84.2 cm³/mol. The van der Waals surface area contributed by atoms with Crippen molar-refractivity contribution in [3.8, 4) is 17.2 Å². The Morgan fingerprint density at radius 2 is 1.52 bits per heavy atom. The third kappa shape index (κ3) is 3.40. The summed E-state index contributed by atoms with van der Waals surface area (Å²) in [6, 6.07) is 9.52. The van der Waals surface area contributed by atoms with Gasteiger partial charge in [-0.05, 0) is 60.9 Å². The zero-order chi connectivity index (χ0) is 15.4. The maximum absolute atomic E-state index is 5.88. The molecule has 21 heavy (non-hydrogen) atoms. The molecule has 4 heteroatoms. The van der Waals surface area contributed by atoms with Crippen LogP contribution in [-0.2, 0) is 6.61 Å². The maximum atomic E-state index is 5.88. The molecule has 0 bridgehead atoms. The van der Waals surface area contributed by atoms with E-state index in [1.807, 2.05) is 44.2 Å². The highest BCUT2D eigenvalue weighted by Crippen LogP contribution is 2.31. The Morgan fingerprint density at radius 3 is 2.14 bits per heavy atom. The lowest BCUT2D eigenvalue weighted by atomic mass is 10.1. The number of hydrogen-bond acceptors (Lipinski definition) is 4. The summed E-state index contributed by atoms with van der Waals surface area (Å²) in [5.74, 6) is 2.26. The van der Waals surface area contributed by atoms with Crippen molar-refractivity contribution in [2.24, 2.45) is 0 Å². The summed E-state index contributed by atoms with van der Waals surface area (Å²) in [6.07, 6.45) is 0. The van der Waals surface area contributed by atoms with Gasteiger partial charge in [-0.1, -0.05) is 0 Å². The molecule has 0 aliphatic heterocycles. The molecule has 0 aliphatic rings. The predicted octanol–water partition coefficient (Wildman–Crippen LogP) is 3.48. The number of ether oxygens (including phenoxy) is 3. The molecular formula is C17H21NO3. The molecule has 0 aliphatic carbocycles. The van der Waals surface area contributed by atoms with Crippen LogP contribution in [0.2, 0.25) is 0 Å². The monoisotopic (exact) mass is 287 g/mol. The Labute approximate surface area is 125 Å². The van der Waals surface area contributed by atoms with Crippen molar-refractivity contribution in [2.75, 3.05) is 20.0 Å². The third-order valence-corrected chi connectivity index (χ3v) is 3.42. The molecule has 2 rings (SSSR count). The molecule has 0 aromatic heterocycles. The van der Waals surface area contributed by atoms with E-state index in [9.17, 15) is 0 Å². The smallest absolute Gasteiger partial charge is 0.161 e. The van der Waals surface area contributed by atoms with Gasteiger partial charge in [-0.2, -0.15) is 0 Å². The molecule has 2 aromatic carbocycles. The van der Waals surface area contributed by atoms with Crippen molar-refractivity contribution >= 4 is 5.69 Å². The number of anilines is 1. The van der Waals surface area contributed by atoms with Crippen molar-refractivity contribution < 1.29 is 14.2 Å². The van der Waals surface area contributed by atoms with Gasteiger partial charge in [-0.25, -0.2) is 0 Å². The molecule has 112 valence electrons. The molecular weight excluding hydrogens is 266 g/mol. The summed E-state index contributed by atoms with van der Waals surface area (Å²) in [4.78, 5) is 0. The number of nitrogens with two attached hydrogens (primary N) is 1. The SMILES string of the molecule is COc1cc(C)c(COc2ccc(N)cc2C)cc1OC. The van der Waals surface area contributed by atoms with Gasteiger partial charge in [0.1, 0.15) is 12.4 Å². The molecule has 0 saturated carbocycles. The van der Waals surface area contributed by atoms with Crippen LogP contribution in [0.3, 0.4) is 0 Å². The van der Waals surface area contributed by atoms with Crippen LogP contribution in [0.15, 0.2) is 30.3 Å². The largest absolute Gasteiger partial charge is 0.493 e. The van der Waals surface area contributed by atoms with E-state index >= 15 is 0 Å². The fourth-order valence-corrected chi connectivity index (χ4v) is 2.17. The first-order chi connectivity index (χ1) is 10.0. The highest BCUT2D eigenvalue weighted by Gasteiger charge is 2.09. The standard InChI is InChI=1S/C17H21NO3/c1-11-8-16(19-3)17(20-4)9-13(11)10-21-15-6-5-14(18)7-12(15)2/h5-9H,10,18H2,1-4H3. The number of methoxy groups -OCH3 is 2. The normalized spacial score (nSPS) is 10.3. The van der Waals surface area contributed by atoms with Gasteiger partial charge in [0, 0.05) is 5.69 Å². The molecule has 0 atom stereocenters. The number of aryl methyl sites for hydroxylation is 2. The van der Waals surface area contributed by atoms with Crippen LogP contribution in [0, 0.1) is 13.8 Å². The maximum Gasteiger partial charge on any atom is 0.161 e. The molecule has 0 heterocycles. The summed E-state index contributed by atoms with van der Waals surface area (Å²) in [7, 11) is 3.26. The average Bonchev–Trinajstić information content (AvgIpc) is 2.47. The molecule has 0 amide bonds. The molecule has 0 saturated heterocycles. The van der Waals surface area contributed by atoms with Gasteiger partial charge in [-0.15, -0.1) is 0 Å².